The highest BCUT2D eigenvalue weighted by Gasteiger charge is 2.42. The molecule has 3 aromatic rings. The van der Waals surface area contributed by atoms with Crippen molar-refractivity contribution < 1.29 is 9.53 Å². The summed E-state index contributed by atoms with van der Waals surface area (Å²) in [4.78, 5) is 18.8. The molecule has 3 heterocycles. The summed E-state index contributed by atoms with van der Waals surface area (Å²) >= 11 is 0. The first-order valence-corrected chi connectivity index (χ1v) is 10.1. The van der Waals surface area contributed by atoms with Crippen molar-refractivity contribution >= 4 is 22.4 Å². The second-order valence-electron chi connectivity index (χ2n) is 7.90. The van der Waals surface area contributed by atoms with E-state index < -0.39 is 0 Å². The van der Waals surface area contributed by atoms with Gasteiger partial charge in [0.2, 0.25) is 0 Å². The Morgan fingerprint density at radius 2 is 1.90 bits per heavy atom. The zero-order valence-corrected chi connectivity index (χ0v) is 16.1. The molecule has 6 heteroatoms. The Labute approximate surface area is 169 Å². The molecule has 29 heavy (non-hydrogen) atoms. The van der Waals surface area contributed by atoms with Crippen LogP contribution in [0.4, 0.5) is 5.69 Å². The lowest BCUT2D eigenvalue weighted by molar-refractivity contribution is -0.151. The van der Waals surface area contributed by atoms with E-state index in [0.29, 0.717) is 17.6 Å². The van der Waals surface area contributed by atoms with Gasteiger partial charge in [-0.1, -0.05) is 24.3 Å². The van der Waals surface area contributed by atoms with Crippen LogP contribution in [0.15, 0.2) is 55.1 Å². The fourth-order valence-electron chi connectivity index (χ4n) is 4.97. The van der Waals surface area contributed by atoms with Crippen LogP contribution < -0.4 is 4.90 Å². The quantitative estimate of drug-likeness (QED) is 0.640. The smallest absolute Gasteiger partial charge is 0.326 e. The number of benzene rings is 2. The molecule has 1 unspecified atom stereocenters. The van der Waals surface area contributed by atoms with E-state index >= 15 is 0 Å². The first-order chi connectivity index (χ1) is 14.2. The standard InChI is InChI=1S/C23H22N4O2/c24-13-16-5-8-22(21-4-2-1-3-20(16)21)27-17-6-7-18(27)12-19(11-17)29-23(28)14-26-10-9-25-15-26/h1-5,8-10,15,17-19H,6-7,11-12,14H2/t17-,18+,19?. The molecule has 6 nitrogen and oxygen atoms in total. The molecule has 0 N–H and O–H groups in total. The van der Waals surface area contributed by atoms with E-state index in [1.807, 2.05) is 24.3 Å². The zero-order chi connectivity index (χ0) is 19.8. The van der Waals surface area contributed by atoms with Gasteiger partial charge in [0.05, 0.1) is 18.0 Å². The number of carbonyl (C=O) groups excluding carboxylic acids is 1. The summed E-state index contributed by atoms with van der Waals surface area (Å²) in [5.41, 5.74) is 1.90. The fraction of sp³-hybridized carbons (Fsp3) is 0.348. The predicted molar refractivity (Wildman–Crippen MR) is 109 cm³/mol. The average molecular weight is 386 g/mol. The number of piperidine rings is 1. The van der Waals surface area contributed by atoms with Gasteiger partial charge in [0.1, 0.15) is 12.6 Å². The van der Waals surface area contributed by atoms with Crippen molar-refractivity contribution in [1.29, 1.82) is 5.26 Å². The minimum atomic E-state index is -0.204. The number of ether oxygens (including phenoxy) is 1. The van der Waals surface area contributed by atoms with Crippen LogP contribution in [0, 0.1) is 11.3 Å². The molecule has 2 fully saturated rings. The molecule has 1 aromatic heterocycles. The topological polar surface area (TPSA) is 71.2 Å². The predicted octanol–water partition coefficient (Wildman–Crippen LogP) is 3.65. The Bertz CT molecular complexity index is 1070. The molecule has 3 atom stereocenters. The third-order valence-electron chi connectivity index (χ3n) is 6.16. The van der Waals surface area contributed by atoms with Crippen molar-refractivity contribution in [2.45, 2.75) is 50.4 Å². The van der Waals surface area contributed by atoms with Crippen molar-refractivity contribution in [3.8, 4) is 6.07 Å². The lowest BCUT2D eigenvalue weighted by atomic mass is 9.96. The van der Waals surface area contributed by atoms with Gasteiger partial charge in [0, 0.05) is 53.8 Å². The van der Waals surface area contributed by atoms with Gasteiger partial charge in [-0.2, -0.15) is 5.26 Å². The second kappa shape index (κ2) is 7.25. The summed E-state index contributed by atoms with van der Waals surface area (Å²) in [6.45, 7) is 0.204. The summed E-state index contributed by atoms with van der Waals surface area (Å²) < 4.78 is 7.53. The summed E-state index contributed by atoms with van der Waals surface area (Å²) in [5.74, 6) is -0.204. The van der Waals surface area contributed by atoms with Crippen molar-refractivity contribution in [2.75, 3.05) is 4.90 Å². The largest absolute Gasteiger partial charge is 0.461 e. The number of rotatable bonds is 4. The minimum Gasteiger partial charge on any atom is -0.461 e. The molecule has 2 bridgehead atoms. The van der Waals surface area contributed by atoms with Gasteiger partial charge >= 0.3 is 5.97 Å². The highest BCUT2D eigenvalue weighted by atomic mass is 16.5. The van der Waals surface area contributed by atoms with Crippen LogP contribution in [0.25, 0.3) is 10.8 Å². The summed E-state index contributed by atoms with van der Waals surface area (Å²) in [5, 5.41) is 11.6. The van der Waals surface area contributed by atoms with Crippen molar-refractivity contribution in [2.24, 2.45) is 0 Å². The maximum atomic E-state index is 12.3. The molecular weight excluding hydrogens is 364 g/mol. The number of hydrogen-bond donors (Lipinski definition) is 0. The highest BCUT2D eigenvalue weighted by Crippen LogP contribution is 2.43. The molecule has 5 rings (SSSR count). The molecule has 2 aromatic carbocycles. The number of fused-ring (bicyclic) bond motifs is 3. The Balaban J connectivity index is 1.36. The van der Waals surface area contributed by atoms with Gasteiger partial charge in [0.25, 0.3) is 0 Å². The van der Waals surface area contributed by atoms with Crippen LogP contribution in [-0.4, -0.2) is 33.7 Å². The van der Waals surface area contributed by atoms with E-state index in [0.717, 1.165) is 36.5 Å². The number of aromatic nitrogens is 2. The van der Waals surface area contributed by atoms with Crippen molar-refractivity contribution in [1.82, 2.24) is 9.55 Å². The maximum absolute atomic E-state index is 12.3. The number of anilines is 1. The molecule has 0 radical (unpaired) electrons. The third kappa shape index (κ3) is 3.23. The minimum absolute atomic E-state index is 0.0376. The number of carbonyl (C=O) groups is 1. The average Bonchev–Trinajstić information content (AvgIpc) is 3.33. The summed E-state index contributed by atoms with van der Waals surface area (Å²) in [6.07, 6.45) is 8.93. The molecule has 2 aliphatic rings. The third-order valence-corrected chi connectivity index (χ3v) is 6.16. The van der Waals surface area contributed by atoms with Gasteiger partial charge in [-0.25, -0.2) is 4.98 Å². The van der Waals surface area contributed by atoms with Crippen LogP contribution in [0.5, 0.6) is 0 Å². The molecule has 2 saturated heterocycles. The fourth-order valence-corrected chi connectivity index (χ4v) is 4.97. The van der Waals surface area contributed by atoms with Crippen LogP contribution in [0.3, 0.4) is 0 Å². The van der Waals surface area contributed by atoms with Crippen LogP contribution in [0.2, 0.25) is 0 Å². The molecular formula is C23H22N4O2. The van der Waals surface area contributed by atoms with E-state index in [1.165, 1.54) is 5.69 Å². The molecule has 2 aliphatic heterocycles. The number of esters is 1. The SMILES string of the molecule is N#Cc1ccc(N2[C@@H]3CC[C@H]2CC(OC(=O)Cn2ccnc2)C3)c2ccccc12. The number of imidazole rings is 1. The number of hydrogen-bond acceptors (Lipinski definition) is 5. The van der Waals surface area contributed by atoms with Gasteiger partial charge < -0.3 is 14.2 Å². The Morgan fingerprint density at radius 3 is 2.59 bits per heavy atom. The van der Waals surface area contributed by atoms with Crippen molar-refractivity contribution in [3.63, 3.8) is 0 Å². The lowest BCUT2D eigenvalue weighted by Crippen LogP contribution is -2.46. The van der Waals surface area contributed by atoms with E-state index in [-0.39, 0.29) is 18.6 Å². The lowest BCUT2D eigenvalue weighted by Gasteiger charge is -2.40. The molecule has 0 saturated carbocycles. The highest BCUT2D eigenvalue weighted by molar-refractivity contribution is 5.98. The monoisotopic (exact) mass is 386 g/mol. The summed E-state index contributed by atoms with van der Waals surface area (Å²) in [6, 6.07) is 15.1. The van der Waals surface area contributed by atoms with Gasteiger partial charge in [-0.3, -0.25) is 4.79 Å². The zero-order valence-electron chi connectivity index (χ0n) is 16.1. The van der Waals surface area contributed by atoms with Gasteiger partial charge in [0.15, 0.2) is 0 Å². The molecule has 0 spiro atoms. The van der Waals surface area contributed by atoms with Gasteiger partial charge in [-0.15, -0.1) is 0 Å². The van der Waals surface area contributed by atoms with Crippen LogP contribution in [-0.2, 0) is 16.1 Å². The normalized spacial score (nSPS) is 23.1. The Morgan fingerprint density at radius 1 is 1.14 bits per heavy atom. The van der Waals surface area contributed by atoms with E-state index in [4.69, 9.17) is 4.74 Å². The maximum Gasteiger partial charge on any atom is 0.326 e. The first kappa shape index (κ1) is 17.7. The number of nitriles is 1. The van der Waals surface area contributed by atoms with Gasteiger partial charge in [-0.05, 0) is 25.0 Å². The first-order valence-electron chi connectivity index (χ1n) is 10.1. The Hall–Kier alpha value is -3.33. The van der Waals surface area contributed by atoms with E-state index in [1.54, 1.807) is 23.3 Å². The van der Waals surface area contributed by atoms with E-state index in [2.05, 4.69) is 28.1 Å². The molecule has 0 aliphatic carbocycles. The Kier molecular flexibility index (Phi) is 4.44. The molecule has 146 valence electrons. The van der Waals surface area contributed by atoms with Crippen LogP contribution in [0.1, 0.15) is 31.2 Å². The summed E-state index contributed by atoms with van der Waals surface area (Å²) in [7, 11) is 0. The number of nitrogens with zero attached hydrogens (tertiary/aromatic N) is 4. The van der Waals surface area contributed by atoms with Crippen LogP contribution >= 0.6 is 0 Å². The second-order valence-corrected chi connectivity index (χ2v) is 7.90. The molecule has 0 amide bonds. The van der Waals surface area contributed by atoms with E-state index in [9.17, 15) is 10.1 Å². The van der Waals surface area contributed by atoms with Crippen molar-refractivity contribution in [3.05, 3.63) is 60.7 Å².